The molecular formula is C19H18ClF3O4. The molecule has 0 aliphatic rings. The Kier molecular flexibility index (Phi) is 6.59. The predicted molar refractivity (Wildman–Crippen MR) is 94.4 cm³/mol. The molecule has 0 aliphatic heterocycles. The van der Waals surface area contributed by atoms with Gasteiger partial charge in [-0.25, -0.2) is 4.79 Å². The van der Waals surface area contributed by atoms with Gasteiger partial charge in [-0.15, -0.1) is 0 Å². The van der Waals surface area contributed by atoms with Crippen LogP contribution in [0, 0.1) is 6.92 Å². The van der Waals surface area contributed by atoms with Crippen LogP contribution in [-0.2, 0) is 23.9 Å². The lowest BCUT2D eigenvalue weighted by Gasteiger charge is -2.18. The molecule has 0 spiro atoms. The van der Waals surface area contributed by atoms with E-state index in [-0.39, 0.29) is 17.4 Å². The quantitative estimate of drug-likeness (QED) is 0.457. The number of aryl methyl sites for hydroxylation is 2. The number of ether oxygens (including phenoxy) is 3. The standard InChI is InChI=1S/C19H18ClF3O4/c1-4-12-6-5-7-16(27-18(24)25-3)13(12)10-26-17-9-15(20)11(2)8-14(17)19(21,22)23/h5-9H,4,10H2,1-3H3. The number of carbonyl (C=O) groups is 1. The molecule has 4 nitrogen and oxygen atoms in total. The molecule has 0 saturated carbocycles. The number of hydrogen-bond donors (Lipinski definition) is 0. The van der Waals surface area contributed by atoms with Crippen molar-refractivity contribution in [1.82, 2.24) is 0 Å². The Balaban J connectivity index is 2.39. The fraction of sp³-hybridized carbons (Fsp3) is 0.316. The van der Waals surface area contributed by atoms with E-state index in [4.69, 9.17) is 21.1 Å². The van der Waals surface area contributed by atoms with Crippen LogP contribution >= 0.6 is 11.6 Å². The molecule has 27 heavy (non-hydrogen) atoms. The number of benzene rings is 2. The van der Waals surface area contributed by atoms with Crippen LogP contribution in [0.1, 0.15) is 29.2 Å². The first-order valence-electron chi connectivity index (χ1n) is 8.04. The third kappa shape index (κ3) is 5.07. The molecule has 2 aromatic rings. The van der Waals surface area contributed by atoms with Gasteiger partial charge < -0.3 is 14.2 Å². The van der Waals surface area contributed by atoms with Crippen LogP contribution in [0.5, 0.6) is 11.5 Å². The first kappa shape index (κ1) is 20.9. The Morgan fingerprint density at radius 3 is 2.48 bits per heavy atom. The van der Waals surface area contributed by atoms with Crippen molar-refractivity contribution in [1.29, 1.82) is 0 Å². The lowest BCUT2D eigenvalue weighted by molar-refractivity contribution is -0.139. The summed E-state index contributed by atoms with van der Waals surface area (Å²) >= 11 is 5.96. The van der Waals surface area contributed by atoms with Gasteiger partial charge in [-0.1, -0.05) is 30.7 Å². The number of halogens is 4. The largest absolute Gasteiger partial charge is 0.513 e. The van der Waals surface area contributed by atoms with Crippen molar-refractivity contribution in [3.63, 3.8) is 0 Å². The Hall–Kier alpha value is -2.41. The second-order valence-corrected chi connectivity index (χ2v) is 6.09. The Labute approximate surface area is 159 Å². The monoisotopic (exact) mass is 402 g/mol. The van der Waals surface area contributed by atoms with Gasteiger partial charge in [0.1, 0.15) is 18.1 Å². The lowest BCUT2D eigenvalue weighted by Crippen LogP contribution is -2.13. The summed E-state index contributed by atoms with van der Waals surface area (Å²) < 4.78 is 55.0. The predicted octanol–water partition coefficient (Wildman–Crippen LogP) is 5.95. The van der Waals surface area contributed by atoms with Crippen molar-refractivity contribution in [2.75, 3.05) is 7.11 Å². The van der Waals surface area contributed by atoms with E-state index in [1.54, 1.807) is 12.1 Å². The van der Waals surface area contributed by atoms with Crippen LogP contribution in [0.3, 0.4) is 0 Å². The maximum Gasteiger partial charge on any atom is 0.513 e. The van der Waals surface area contributed by atoms with E-state index in [2.05, 4.69) is 4.74 Å². The molecule has 0 radical (unpaired) electrons. The molecule has 0 bridgehead atoms. The second kappa shape index (κ2) is 8.52. The molecule has 0 fully saturated rings. The maximum atomic E-state index is 13.3. The smallest absolute Gasteiger partial charge is 0.488 e. The van der Waals surface area contributed by atoms with Gasteiger partial charge in [-0.2, -0.15) is 13.2 Å². The topological polar surface area (TPSA) is 44.8 Å². The molecule has 146 valence electrons. The summed E-state index contributed by atoms with van der Waals surface area (Å²) in [4.78, 5) is 11.4. The summed E-state index contributed by atoms with van der Waals surface area (Å²) in [5.74, 6) is -0.235. The summed E-state index contributed by atoms with van der Waals surface area (Å²) in [5.41, 5.74) is 0.590. The first-order chi connectivity index (χ1) is 12.7. The highest BCUT2D eigenvalue weighted by Gasteiger charge is 2.35. The van der Waals surface area contributed by atoms with Crippen LogP contribution in [-0.4, -0.2) is 13.3 Å². The Bertz CT molecular complexity index is 834. The third-order valence-corrected chi connectivity index (χ3v) is 4.32. The van der Waals surface area contributed by atoms with Crippen molar-refractivity contribution in [2.45, 2.75) is 33.1 Å². The van der Waals surface area contributed by atoms with Crippen molar-refractivity contribution in [2.24, 2.45) is 0 Å². The van der Waals surface area contributed by atoms with Crippen molar-refractivity contribution >= 4 is 17.8 Å². The van der Waals surface area contributed by atoms with Gasteiger partial charge in [0.15, 0.2) is 0 Å². The zero-order valence-electron chi connectivity index (χ0n) is 14.9. The van der Waals surface area contributed by atoms with Crippen LogP contribution in [0.4, 0.5) is 18.0 Å². The number of hydrogen-bond acceptors (Lipinski definition) is 4. The van der Waals surface area contributed by atoms with Gasteiger partial charge in [0.2, 0.25) is 0 Å². The summed E-state index contributed by atoms with van der Waals surface area (Å²) in [6.07, 6.45) is -4.96. The number of methoxy groups -OCH3 is 1. The molecular weight excluding hydrogens is 385 g/mol. The first-order valence-corrected chi connectivity index (χ1v) is 8.41. The Morgan fingerprint density at radius 1 is 1.19 bits per heavy atom. The lowest BCUT2D eigenvalue weighted by atomic mass is 10.0. The average Bonchev–Trinajstić information content (AvgIpc) is 2.61. The fourth-order valence-corrected chi connectivity index (χ4v) is 2.64. The van der Waals surface area contributed by atoms with Crippen LogP contribution in [0.2, 0.25) is 5.02 Å². The minimum absolute atomic E-state index is 0.160. The molecule has 0 amide bonds. The van der Waals surface area contributed by atoms with Crippen LogP contribution in [0.25, 0.3) is 0 Å². The minimum atomic E-state index is -4.60. The maximum absolute atomic E-state index is 13.3. The number of rotatable bonds is 5. The summed E-state index contributed by atoms with van der Waals surface area (Å²) in [5, 5.41) is 0.160. The normalized spacial score (nSPS) is 11.2. The fourth-order valence-electron chi connectivity index (χ4n) is 2.49. The molecule has 0 aliphatic carbocycles. The average molecular weight is 403 g/mol. The van der Waals surface area contributed by atoms with E-state index >= 15 is 0 Å². The Morgan fingerprint density at radius 2 is 1.89 bits per heavy atom. The summed E-state index contributed by atoms with van der Waals surface area (Å²) in [6, 6.07) is 7.03. The van der Waals surface area contributed by atoms with Crippen LogP contribution in [0.15, 0.2) is 30.3 Å². The molecule has 0 atom stereocenters. The highest BCUT2D eigenvalue weighted by molar-refractivity contribution is 6.31. The third-order valence-electron chi connectivity index (χ3n) is 3.91. The van der Waals surface area contributed by atoms with Gasteiger partial charge in [0.05, 0.1) is 12.7 Å². The summed E-state index contributed by atoms with van der Waals surface area (Å²) in [7, 11) is 1.16. The zero-order chi connectivity index (χ0) is 20.2. The molecule has 2 rings (SSSR count). The molecule has 0 aromatic heterocycles. The van der Waals surface area contributed by atoms with E-state index in [9.17, 15) is 18.0 Å². The van der Waals surface area contributed by atoms with Gasteiger partial charge in [0.25, 0.3) is 0 Å². The van der Waals surface area contributed by atoms with E-state index in [1.165, 1.54) is 13.0 Å². The zero-order valence-corrected chi connectivity index (χ0v) is 15.7. The van der Waals surface area contributed by atoms with Gasteiger partial charge in [0, 0.05) is 10.6 Å². The molecule has 8 heteroatoms. The molecule has 2 aromatic carbocycles. The van der Waals surface area contributed by atoms with E-state index < -0.39 is 23.6 Å². The summed E-state index contributed by atoms with van der Waals surface area (Å²) in [6.45, 7) is 3.11. The molecule has 0 saturated heterocycles. The highest BCUT2D eigenvalue weighted by Crippen LogP contribution is 2.39. The van der Waals surface area contributed by atoms with E-state index in [0.717, 1.165) is 24.8 Å². The minimum Gasteiger partial charge on any atom is -0.488 e. The SMILES string of the molecule is CCc1cccc(OC(=O)OC)c1COc1cc(Cl)c(C)cc1C(F)(F)F. The van der Waals surface area contributed by atoms with E-state index in [1.807, 2.05) is 6.92 Å². The number of carbonyl (C=O) groups excluding carboxylic acids is 1. The van der Waals surface area contributed by atoms with Crippen molar-refractivity contribution in [3.8, 4) is 11.5 Å². The van der Waals surface area contributed by atoms with Crippen LogP contribution < -0.4 is 9.47 Å². The molecule has 0 N–H and O–H groups in total. The molecule has 0 heterocycles. The number of alkyl halides is 3. The van der Waals surface area contributed by atoms with E-state index in [0.29, 0.717) is 17.5 Å². The molecule has 0 unspecified atom stereocenters. The van der Waals surface area contributed by atoms with Crippen molar-refractivity contribution < 1.29 is 32.2 Å². The highest BCUT2D eigenvalue weighted by atomic mass is 35.5. The van der Waals surface area contributed by atoms with Gasteiger partial charge >= 0.3 is 12.3 Å². The van der Waals surface area contributed by atoms with Crippen molar-refractivity contribution in [3.05, 3.63) is 57.6 Å². The van der Waals surface area contributed by atoms with Gasteiger partial charge in [-0.3, -0.25) is 0 Å². The van der Waals surface area contributed by atoms with Gasteiger partial charge in [-0.05, 0) is 42.7 Å². The second-order valence-electron chi connectivity index (χ2n) is 5.69.